The van der Waals surface area contributed by atoms with Crippen LogP contribution in [-0.4, -0.2) is 17.7 Å². The summed E-state index contributed by atoms with van der Waals surface area (Å²) < 4.78 is 6.63. The van der Waals surface area contributed by atoms with E-state index in [0.29, 0.717) is 11.5 Å². The molecule has 1 saturated heterocycles. The van der Waals surface area contributed by atoms with Crippen molar-refractivity contribution in [1.29, 1.82) is 0 Å². The van der Waals surface area contributed by atoms with Crippen molar-refractivity contribution in [1.82, 2.24) is 9.88 Å². The lowest BCUT2D eigenvalue weighted by atomic mass is 9.93. The zero-order chi connectivity index (χ0) is 12.7. The monoisotopic (exact) mass is 247 g/mol. The molecule has 0 radical (unpaired) electrons. The van der Waals surface area contributed by atoms with Gasteiger partial charge in [-0.2, -0.15) is 0 Å². The third-order valence-electron chi connectivity index (χ3n) is 3.81. The molecule has 5 nitrogen and oxygen atoms in total. The molecule has 0 spiro atoms. The fraction of sp³-hybridized carbons (Fsp3) is 0.462. The van der Waals surface area contributed by atoms with Gasteiger partial charge in [-0.05, 0) is 43.1 Å². The summed E-state index contributed by atoms with van der Waals surface area (Å²) in [4.78, 5) is 11.4. The smallest absolute Gasteiger partial charge is 0.408 e. The second-order valence-electron chi connectivity index (χ2n) is 4.93. The van der Waals surface area contributed by atoms with Crippen LogP contribution in [0.3, 0.4) is 0 Å². The van der Waals surface area contributed by atoms with Gasteiger partial charge in [0.2, 0.25) is 0 Å². The number of rotatable bonds is 2. The summed E-state index contributed by atoms with van der Waals surface area (Å²) in [6.45, 7) is 1.99. The maximum atomic E-state index is 11.4. The Bertz CT molecular complexity index is 623. The van der Waals surface area contributed by atoms with Crippen molar-refractivity contribution in [2.75, 3.05) is 13.1 Å². The van der Waals surface area contributed by atoms with Crippen LogP contribution in [0.25, 0.3) is 11.1 Å². The molecule has 2 atom stereocenters. The number of benzene rings is 1. The molecule has 3 rings (SSSR count). The largest absolute Gasteiger partial charge is 0.419 e. The van der Waals surface area contributed by atoms with Gasteiger partial charge in [0.25, 0.3) is 0 Å². The summed E-state index contributed by atoms with van der Waals surface area (Å²) in [7, 11) is 1.71. The molecule has 1 aliphatic heterocycles. The molecule has 1 fully saturated rings. The first-order valence-electron chi connectivity index (χ1n) is 6.22. The topological polar surface area (TPSA) is 73.2 Å². The number of hydrogen-bond acceptors (Lipinski definition) is 4. The average molecular weight is 247 g/mol. The van der Waals surface area contributed by atoms with Crippen LogP contribution in [0, 0.1) is 5.92 Å². The van der Waals surface area contributed by atoms with E-state index in [1.54, 1.807) is 7.05 Å². The molecule has 3 N–H and O–H groups in total. The van der Waals surface area contributed by atoms with E-state index in [1.807, 2.05) is 18.2 Å². The van der Waals surface area contributed by atoms with Crippen LogP contribution < -0.4 is 16.8 Å². The zero-order valence-electron chi connectivity index (χ0n) is 10.3. The van der Waals surface area contributed by atoms with E-state index in [-0.39, 0.29) is 11.8 Å². The van der Waals surface area contributed by atoms with Crippen molar-refractivity contribution >= 4 is 11.1 Å². The first-order valence-corrected chi connectivity index (χ1v) is 6.22. The average Bonchev–Trinajstić information content (AvgIpc) is 2.99. The molecule has 0 amide bonds. The predicted molar refractivity (Wildman–Crippen MR) is 69.4 cm³/mol. The van der Waals surface area contributed by atoms with Crippen molar-refractivity contribution in [3.05, 3.63) is 34.3 Å². The van der Waals surface area contributed by atoms with Gasteiger partial charge in [0.05, 0.1) is 5.52 Å². The van der Waals surface area contributed by atoms with Gasteiger partial charge < -0.3 is 15.5 Å². The number of aryl methyl sites for hydroxylation is 1. The zero-order valence-corrected chi connectivity index (χ0v) is 10.3. The van der Waals surface area contributed by atoms with Gasteiger partial charge >= 0.3 is 5.76 Å². The first kappa shape index (κ1) is 11.5. The lowest BCUT2D eigenvalue weighted by Gasteiger charge is -2.18. The second kappa shape index (κ2) is 4.26. The minimum Gasteiger partial charge on any atom is -0.408 e. The summed E-state index contributed by atoms with van der Waals surface area (Å²) in [5, 5.41) is 3.32. The fourth-order valence-corrected chi connectivity index (χ4v) is 2.61. The summed E-state index contributed by atoms with van der Waals surface area (Å²) in [5.41, 5.74) is 8.77. The lowest BCUT2D eigenvalue weighted by molar-refractivity contribution is 0.470. The molecule has 0 bridgehead atoms. The molecular weight excluding hydrogens is 230 g/mol. The predicted octanol–water partition coefficient (Wildman–Crippen LogP) is 0.741. The normalized spacial score (nSPS) is 21.6. The van der Waals surface area contributed by atoms with Crippen molar-refractivity contribution in [2.24, 2.45) is 18.7 Å². The van der Waals surface area contributed by atoms with Crippen LogP contribution >= 0.6 is 0 Å². The van der Waals surface area contributed by atoms with Gasteiger partial charge in [0.1, 0.15) is 0 Å². The molecular formula is C13H17N3O2. The highest BCUT2D eigenvalue weighted by molar-refractivity contribution is 5.73. The fourth-order valence-electron chi connectivity index (χ4n) is 2.61. The second-order valence-corrected chi connectivity index (χ2v) is 4.93. The Morgan fingerprint density at radius 2 is 2.39 bits per heavy atom. The maximum Gasteiger partial charge on any atom is 0.419 e. The minimum atomic E-state index is -0.335. The Morgan fingerprint density at radius 3 is 3.11 bits per heavy atom. The van der Waals surface area contributed by atoms with E-state index in [1.165, 1.54) is 4.57 Å². The SMILES string of the molecule is Cn1c(=O)oc2ccc(C(N)C3CCNC3)cc21. The molecule has 1 aromatic carbocycles. The van der Waals surface area contributed by atoms with Crippen LogP contribution in [0.2, 0.25) is 0 Å². The van der Waals surface area contributed by atoms with Crippen LogP contribution in [0.4, 0.5) is 0 Å². The van der Waals surface area contributed by atoms with E-state index in [2.05, 4.69) is 5.32 Å². The van der Waals surface area contributed by atoms with Gasteiger partial charge in [-0.25, -0.2) is 4.79 Å². The standard InChI is InChI=1S/C13H17N3O2/c1-16-10-6-8(2-3-11(10)18-13(16)17)12(14)9-4-5-15-7-9/h2-3,6,9,12,15H,4-5,7,14H2,1H3. The Labute approximate surface area is 105 Å². The number of hydrogen-bond donors (Lipinski definition) is 2. The van der Waals surface area contributed by atoms with E-state index < -0.39 is 0 Å². The van der Waals surface area contributed by atoms with Gasteiger partial charge in [0, 0.05) is 13.1 Å². The van der Waals surface area contributed by atoms with Crippen LogP contribution in [-0.2, 0) is 7.05 Å². The van der Waals surface area contributed by atoms with Gasteiger partial charge in [-0.15, -0.1) is 0 Å². The van der Waals surface area contributed by atoms with Crippen LogP contribution in [0.1, 0.15) is 18.0 Å². The molecule has 18 heavy (non-hydrogen) atoms. The van der Waals surface area contributed by atoms with E-state index >= 15 is 0 Å². The molecule has 5 heteroatoms. The maximum absolute atomic E-state index is 11.4. The van der Waals surface area contributed by atoms with Crippen LogP contribution in [0.15, 0.2) is 27.4 Å². The first-order chi connectivity index (χ1) is 8.66. The Hall–Kier alpha value is -1.59. The third kappa shape index (κ3) is 1.76. The molecule has 2 unspecified atom stereocenters. The van der Waals surface area contributed by atoms with Crippen LogP contribution in [0.5, 0.6) is 0 Å². The molecule has 96 valence electrons. The summed E-state index contributed by atoms with van der Waals surface area (Å²) in [6, 6.07) is 5.75. The number of nitrogens with zero attached hydrogens (tertiary/aromatic N) is 1. The third-order valence-corrected chi connectivity index (χ3v) is 3.81. The van der Waals surface area contributed by atoms with Crippen molar-refractivity contribution in [3.8, 4) is 0 Å². The molecule has 1 aromatic heterocycles. The quantitative estimate of drug-likeness (QED) is 0.821. The van der Waals surface area contributed by atoms with Gasteiger partial charge in [-0.3, -0.25) is 4.57 Å². The Balaban J connectivity index is 2.01. The molecule has 1 aliphatic rings. The number of nitrogens with two attached hydrogens (primary N) is 1. The molecule has 2 heterocycles. The molecule has 0 saturated carbocycles. The Kier molecular flexibility index (Phi) is 2.72. The highest BCUT2D eigenvalue weighted by atomic mass is 16.4. The molecule has 0 aliphatic carbocycles. The van der Waals surface area contributed by atoms with Crippen molar-refractivity contribution < 1.29 is 4.42 Å². The number of nitrogens with one attached hydrogen (secondary N) is 1. The minimum absolute atomic E-state index is 0.00871. The summed E-state index contributed by atoms with van der Waals surface area (Å²) in [5.74, 6) is 0.129. The number of fused-ring (bicyclic) bond motifs is 1. The highest BCUT2D eigenvalue weighted by Crippen LogP contribution is 2.26. The number of oxazole rings is 1. The van der Waals surface area contributed by atoms with Crippen molar-refractivity contribution in [3.63, 3.8) is 0 Å². The van der Waals surface area contributed by atoms with E-state index in [4.69, 9.17) is 10.2 Å². The highest BCUT2D eigenvalue weighted by Gasteiger charge is 2.23. The van der Waals surface area contributed by atoms with E-state index in [9.17, 15) is 4.79 Å². The summed E-state index contributed by atoms with van der Waals surface area (Å²) in [6.07, 6.45) is 1.10. The lowest BCUT2D eigenvalue weighted by Crippen LogP contribution is -2.23. The summed E-state index contributed by atoms with van der Waals surface area (Å²) >= 11 is 0. The van der Waals surface area contributed by atoms with Gasteiger partial charge in [0.15, 0.2) is 5.58 Å². The molecule has 2 aromatic rings. The Morgan fingerprint density at radius 1 is 1.56 bits per heavy atom. The number of aromatic nitrogens is 1. The van der Waals surface area contributed by atoms with Crippen molar-refractivity contribution in [2.45, 2.75) is 12.5 Å². The van der Waals surface area contributed by atoms with E-state index in [0.717, 1.165) is 30.6 Å². The van der Waals surface area contributed by atoms with Gasteiger partial charge in [-0.1, -0.05) is 6.07 Å².